The highest BCUT2D eigenvalue weighted by Gasteiger charge is 2.23. The zero-order valence-electron chi connectivity index (χ0n) is 17.6. The molecule has 0 saturated carbocycles. The van der Waals surface area contributed by atoms with E-state index in [9.17, 15) is 9.59 Å². The number of ether oxygens (including phenoxy) is 1. The van der Waals surface area contributed by atoms with E-state index in [4.69, 9.17) is 4.74 Å². The van der Waals surface area contributed by atoms with Crippen LogP contribution in [0.4, 0.5) is 0 Å². The van der Waals surface area contributed by atoms with Gasteiger partial charge >= 0.3 is 0 Å². The van der Waals surface area contributed by atoms with Crippen molar-refractivity contribution in [1.82, 2.24) is 19.7 Å². The van der Waals surface area contributed by atoms with Crippen LogP contribution in [0.3, 0.4) is 0 Å². The summed E-state index contributed by atoms with van der Waals surface area (Å²) in [7, 11) is 1.63. The van der Waals surface area contributed by atoms with Crippen LogP contribution in [-0.4, -0.2) is 84.4 Å². The fourth-order valence-corrected chi connectivity index (χ4v) is 3.71. The molecule has 0 spiro atoms. The molecule has 0 bridgehead atoms. The Bertz CT molecular complexity index is 866. The highest BCUT2D eigenvalue weighted by atomic mass is 16.5. The Kier molecular flexibility index (Phi) is 7.04. The van der Waals surface area contributed by atoms with Gasteiger partial charge in [0.1, 0.15) is 11.4 Å². The quantitative estimate of drug-likeness (QED) is 0.747. The van der Waals surface area contributed by atoms with Gasteiger partial charge in [-0.3, -0.25) is 14.5 Å². The number of aromatic nitrogens is 1. The summed E-state index contributed by atoms with van der Waals surface area (Å²) in [5.41, 5.74) is 1.23. The van der Waals surface area contributed by atoms with Crippen molar-refractivity contribution < 1.29 is 14.3 Å². The molecule has 0 atom stereocenters. The van der Waals surface area contributed by atoms with E-state index >= 15 is 0 Å². The molecule has 0 radical (unpaired) electrons. The molecular formula is C22H30N4O3. The number of hydrogen-bond acceptors (Lipinski definition) is 5. The smallest absolute Gasteiger partial charge is 0.272 e. The van der Waals surface area contributed by atoms with E-state index in [1.807, 2.05) is 47.9 Å². The van der Waals surface area contributed by atoms with E-state index in [0.717, 1.165) is 42.7 Å². The number of pyridine rings is 1. The number of likely N-dealkylation sites (N-methyl/N-ethyl adjacent to an activating group) is 1. The van der Waals surface area contributed by atoms with E-state index in [1.54, 1.807) is 13.2 Å². The molecule has 2 amide bonds. The molecule has 156 valence electrons. The number of fused-ring (bicyclic) bond motifs is 1. The Morgan fingerprint density at radius 1 is 1.07 bits per heavy atom. The molecule has 2 aromatic rings. The van der Waals surface area contributed by atoms with Crippen LogP contribution in [0.2, 0.25) is 0 Å². The predicted octanol–water partition coefficient (Wildman–Crippen LogP) is 2.26. The molecule has 1 aliphatic heterocycles. The number of benzene rings is 1. The predicted molar refractivity (Wildman–Crippen MR) is 113 cm³/mol. The fraction of sp³-hybridized carbons (Fsp3) is 0.500. The van der Waals surface area contributed by atoms with Crippen molar-refractivity contribution in [2.45, 2.75) is 20.3 Å². The summed E-state index contributed by atoms with van der Waals surface area (Å²) in [5, 5.41) is 0.942. The minimum absolute atomic E-state index is 0.0559. The van der Waals surface area contributed by atoms with Crippen molar-refractivity contribution in [3.63, 3.8) is 0 Å². The molecule has 3 rings (SSSR count). The molecular weight excluding hydrogens is 368 g/mol. The second-order valence-electron chi connectivity index (χ2n) is 7.24. The van der Waals surface area contributed by atoms with Gasteiger partial charge in [0.25, 0.3) is 5.91 Å². The van der Waals surface area contributed by atoms with Crippen molar-refractivity contribution in [1.29, 1.82) is 0 Å². The van der Waals surface area contributed by atoms with Crippen LogP contribution < -0.4 is 4.74 Å². The van der Waals surface area contributed by atoms with E-state index in [1.165, 1.54) is 0 Å². The first-order valence-electron chi connectivity index (χ1n) is 10.3. The van der Waals surface area contributed by atoms with Crippen LogP contribution in [0.15, 0.2) is 30.3 Å². The van der Waals surface area contributed by atoms with Gasteiger partial charge in [-0.05, 0) is 44.5 Å². The molecule has 0 unspecified atom stereocenters. The highest BCUT2D eigenvalue weighted by molar-refractivity contribution is 5.95. The summed E-state index contributed by atoms with van der Waals surface area (Å²) in [6.07, 6.45) is 0.849. The molecule has 1 aromatic carbocycles. The zero-order valence-corrected chi connectivity index (χ0v) is 17.6. The molecule has 0 aliphatic carbocycles. The van der Waals surface area contributed by atoms with Gasteiger partial charge in [-0.1, -0.05) is 6.07 Å². The maximum Gasteiger partial charge on any atom is 0.272 e. The van der Waals surface area contributed by atoms with Crippen LogP contribution in [0.25, 0.3) is 10.9 Å². The third kappa shape index (κ3) is 5.03. The molecule has 1 saturated heterocycles. The summed E-state index contributed by atoms with van der Waals surface area (Å²) in [6, 6.07) is 9.31. The summed E-state index contributed by atoms with van der Waals surface area (Å²) in [5.74, 6) is 0.867. The van der Waals surface area contributed by atoms with Crippen LogP contribution in [0.1, 0.15) is 30.8 Å². The monoisotopic (exact) mass is 398 g/mol. The van der Waals surface area contributed by atoms with Gasteiger partial charge < -0.3 is 14.5 Å². The lowest BCUT2D eigenvalue weighted by Crippen LogP contribution is -2.42. The number of rotatable bonds is 6. The van der Waals surface area contributed by atoms with Crippen molar-refractivity contribution in [2.24, 2.45) is 0 Å². The molecule has 7 heteroatoms. The maximum atomic E-state index is 13.0. The summed E-state index contributed by atoms with van der Waals surface area (Å²) in [4.78, 5) is 35.8. The number of carbonyl (C=O) groups excluding carboxylic acids is 2. The Morgan fingerprint density at radius 2 is 1.86 bits per heavy atom. The van der Waals surface area contributed by atoms with Gasteiger partial charge in [0.15, 0.2) is 0 Å². The fourth-order valence-electron chi connectivity index (χ4n) is 3.71. The zero-order chi connectivity index (χ0) is 20.8. The number of methoxy groups -OCH3 is 1. The van der Waals surface area contributed by atoms with Crippen molar-refractivity contribution in [3.8, 4) is 5.75 Å². The SMILES string of the molecule is CCN(CC)C(=O)CN1CCCN(C(=O)c2ccc3cc(OC)ccc3n2)CC1. The Morgan fingerprint density at radius 3 is 2.59 bits per heavy atom. The first kappa shape index (κ1) is 21.0. The van der Waals surface area contributed by atoms with E-state index in [0.29, 0.717) is 31.9 Å². The van der Waals surface area contributed by atoms with Crippen LogP contribution in [0, 0.1) is 0 Å². The lowest BCUT2D eigenvalue weighted by molar-refractivity contribution is -0.132. The van der Waals surface area contributed by atoms with Gasteiger partial charge in [-0.2, -0.15) is 0 Å². The lowest BCUT2D eigenvalue weighted by Gasteiger charge is -2.25. The minimum atomic E-state index is -0.0559. The third-order valence-electron chi connectivity index (χ3n) is 5.47. The first-order valence-corrected chi connectivity index (χ1v) is 10.3. The molecule has 0 N–H and O–H groups in total. The average Bonchev–Trinajstić information content (AvgIpc) is 2.98. The summed E-state index contributed by atoms with van der Waals surface area (Å²) < 4.78 is 5.24. The summed E-state index contributed by atoms with van der Waals surface area (Å²) >= 11 is 0. The van der Waals surface area contributed by atoms with Crippen molar-refractivity contribution >= 4 is 22.7 Å². The Labute approximate surface area is 172 Å². The summed E-state index contributed by atoms with van der Waals surface area (Å²) in [6.45, 7) is 8.67. The van der Waals surface area contributed by atoms with E-state index < -0.39 is 0 Å². The average molecular weight is 399 g/mol. The first-order chi connectivity index (χ1) is 14.0. The van der Waals surface area contributed by atoms with Gasteiger partial charge in [0.05, 0.1) is 19.2 Å². The van der Waals surface area contributed by atoms with Gasteiger partial charge in [0, 0.05) is 44.7 Å². The van der Waals surface area contributed by atoms with Crippen LogP contribution >= 0.6 is 0 Å². The molecule has 1 fully saturated rings. The standard InChI is InChI=1S/C22H30N4O3/c1-4-25(5-2)21(27)16-24-11-6-12-26(14-13-24)22(28)20-9-7-17-15-18(29-3)8-10-19(17)23-20/h7-10,15H,4-6,11-14,16H2,1-3H3. The van der Waals surface area contributed by atoms with Gasteiger partial charge in [-0.25, -0.2) is 4.98 Å². The second-order valence-corrected chi connectivity index (χ2v) is 7.24. The number of hydrogen-bond donors (Lipinski definition) is 0. The molecule has 1 aromatic heterocycles. The Balaban J connectivity index is 1.64. The largest absolute Gasteiger partial charge is 0.497 e. The highest BCUT2D eigenvalue weighted by Crippen LogP contribution is 2.20. The van der Waals surface area contributed by atoms with Crippen LogP contribution in [0.5, 0.6) is 5.75 Å². The number of carbonyl (C=O) groups is 2. The molecule has 1 aliphatic rings. The molecule has 7 nitrogen and oxygen atoms in total. The van der Waals surface area contributed by atoms with Gasteiger partial charge in [0.2, 0.25) is 5.91 Å². The van der Waals surface area contributed by atoms with E-state index in [2.05, 4.69) is 9.88 Å². The van der Waals surface area contributed by atoms with Crippen LogP contribution in [-0.2, 0) is 4.79 Å². The van der Waals surface area contributed by atoms with Crippen molar-refractivity contribution in [3.05, 3.63) is 36.0 Å². The third-order valence-corrected chi connectivity index (χ3v) is 5.47. The lowest BCUT2D eigenvalue weighted by atomic mass is 10.2. The molecule has 29 heavy (non-hydrogen) atoms. The molecule has 2 heterocycles. The van der Waals surface area contributed by atoms with E-state index in [-0.39, 0.29) is 11.8 Å². The Hall–Kier alpha value is -2.67. The topological polar surface area (TPSA) is 66.0 Å². The number of nitrogens with zero attached hydrogens (tertiary/aromatic N) is 4. The second kappa shape index (κ2) is 9.69. The van der Waals surface area contributed by atoms with Crippen molar-refractivity contribution in [2.75, 3.05) is 52.9 Å². The maximum absolute atomic E-state index is 13.0. The van der Waals surface area contributed by atoms with Gasteiger partial charge in [-0.15, -0.1) is 0 Å². The normalized spacial score (nSPS) is 15.2. The minimum Gasteiger partial charge on any atom is -0.497 e. The number of amides is 2.